The van der Waals surface area contributed by atoms with Crippen LogP contribution in [0.3, 0.4) is 0 Å². The highest BCUT2D eigenvalue weighted by Crippen LogP contribution is 2.39. The first kappa shape index (κ1) is 21.2. The van der Waals surface area contributed by atoms with Crippen molar-refractivity contribution in [3.63, 3.8) is 0 Å². The van der Waals surface area contributed by atoms with Crippen LogP contribution in [0.5, 0.6) is 5.75 Å². The Bertz CT molecular complexity index is 1020. The first-order valence-corrected chi connectivity index (χ1v) is 11.5. The van der Waals surface area contributed by atoms with Crippen molar-refractivity contribution >= 4 is 21.6 Å². The number of aryl methyl sites for hydroxylation is 1. The zero-order valence-corrected chi connectivity index (χ0v) is 18.3. The average molecular weight is 417 g/mol. The number of nitrogens with one attached hydrogen (secondary N) is 1. The van der Waals surface area contributed by atoms with Gasteiger partial charge in [-0.2, -0.15) is 0 Å². The van der Waals surface area contributed by atoms with E-state index in [-0.39, 0.29) is 11.9 Å². The van der Waals surface area contributed by atoms with E-state index in [0.717, 1.165) is 23.1 Å². The maximum absolute atomic E-state index is 13.1. The standard InChI is InChI=1S/C22H28N2O4S/c1-15-9-8-10-17(13-15)24(29(5,26)27)16(2)21(25)23-19-14-22(3,4)28-20-12-7-6-11-18(19)20/h6-13,16,19H,14H2,1-5H3,(H,23,25)/t16-,19+/m0/s1. The van der Waals surface area contributed by atoms with E-state index < -0.39 is 21.7 Å². The van der Waals surface area contributed by atoms with Crippen molar-refractivity contribution in [2.45, 2.75) is 51.8 Å². The minimum atomic E-state index is -3.66. The molecule has 0 radical (unpaired) electrons. The number of hydrogen-bond acceptors (Lipinski definition) is 4. The van der Waals surface area contributed by atoms with E-state index in [2.05, 4.69) is 5.32 Å². The second-order valence-electron chi connectivity index (χ2n) is 8.24. The van der Waals surface area contributed by atoms with E-state index in [1.807, 2.05) is 51.1 Å². The molecule has 1 aliphatic rings. The smallest absolute Gasteiger partial charge is 0.244 e. The van der Waals surface area contributed by atoms with Crippen LogP contribution in [0, 0.1) is 6.92 Å². The number of anilines is 1. The molecule has 156 valence electrons. The fourth-order valence-electron chi connectivity index (χ4n) is 3.80. The summed E-state index contributed by atoms with van der Waals surface area (Å²) in [5, 5.41) is 3.04. The zero-order valence-electron chi connectivity index (χ0n) is 17.5. The molecule has 0 aromatic heterocycles. The normalized spacial score (nSPS) is 18.9. The third-order valence-electron chi connectivity index (χ3n) is 5.04. The molecular formula is C22H28N2O4S. The Morgan fingerprint density at radius 2 is 1.90 bits per heavy atom. The number of hydrogen-bond donors (Lipinski definition) is 1. The highest BCUT2D eigenvalue weighted by molar-refractivity contribution is 7.92. The monoisotopic (exact) mass is 416 g/mol. The first-order chi connectivity index (χ1) is 13.5. The summed E-state index contributed by atoms with van der Waals surface area (Å²) in [7, 11) is -3.66. The highest BCUT2D eigenvalue weighted by Gasteiger charge is 2.36. The number of ether oxygens (including phenoxy) is 1. The Hall–Kier alpha value is -2.54. The summed E-state index contributed by atoms with van der Waals surface area (Å²) < 4.78 is 32.2. The zero-order chi connectivity index (χ0) is 21.4. The minimum absolute atomic E-state index is 0.260. The molecule has 1 aliphatic heterocycles. The van der Waals surface area contributed by atoms with E-state index in [1.54, 1.807) is 25.1 Å². The molecule has 0 bridgehead atoms. The van der Waals surface area contributed by atoms with E-state index in [9.17, 15) is 13.2 Å². The molecular weight excluding hydrogens is 388 g/mol. The van der Waals surface area contributed by atoms with Gasteiger partial charge in [0.15, 0.2) is 0 Å². The first-order valence-electron chi connectivity index (χ1n) is 9.62. The molecule has 1 N–H and O–H groups in total. The highest BCUT2D eigenvalue weighted by atomic mass is 32.2. The average Bonchev–Trinajstić information content (AvgIpc) is 2.59. The second-order valence-corrected chi connectivity index (χ2v) is 10.1. The maximum Gasteiger partial charge on any atom is 0.244 e. The number of carbonyl (C=O) groups excluding carboxylic acids is 1. The molecule has 3 rings (SSSR count). The van der Waals surface area contributed by atoms with Gasteiger partial charge >= 0.3 is 0 Å². The molecule has 1 heterocycles. The molecule has 0 unspecified atom stereocenters. The van der Waals surface area contributed by atoms with Crippen molar-refractivity contribution in [2.75, 3.05) is 10.6 Å². The summed E-state index contributed by atoms with van der Waals surface area (Å²) in [5.41, 5.74) is 1.85. The Morgan fingerprint density at radius 3 is 2.55 bits per heavy atom. The Morgan fingerprint density at radius 1 is 1.21 bits per heavy atom. The van der Waals surface area contributed by atoms with Gasteiger partial charge in [0, 0.05) is 12.0 Å². The largest absolute Gasteiger partial charge is 0.487 e. The van der Waals surface area contributed by atoms with Crippen LogP contribution in [-0.2, 0) is 14.8 Å². The van der Waals surface area contributed by atoms with Crippen LogP contribution in [-0.4, -0.2) is 32.2 Å². The lowest BCUT2D eigenvalue weighted by Crippen LogP contribution is -2.50. The van der Waals surface area contributed by atoms with Gasteiger partial charge in [0.25, 0.3) is 0 Å². The molecule has 1 amide bonds. The van der Waals surface area contributed by atoms with Crippen molar-refractivity contribution in [3.05, 3.63) is 59.7 Å². The van der Waals surface area contributed by atoms with Gasteiger partial charge < -0.3 is 10.1 Å². The summed E-state index contributed by atoms with van der Waals surface area (Å²) in [4.78, 5) is 13.1. The van der Waals surface area contributed by atoms with Gasteiger partial charge in [0.05, 0.1) is 18.0 Å². The molecule has 0 fully saturated rings. The number of benzene rings is 2. The van der Waals surface area contributed by atoms with E-state index >= 15 is 0 Å². The van der Waals surface area contributed by atoms with Gasteiger partial charge in [0.2, 0.25) is 15.9 Å². The molecule has 2 atom stereocenters. The lowest BCUT2D eigenvalue weighted by atomic mass is 9.89. The van der Waals surface area contributed by atoms with Crippen LogP contribution in [0.2, 0.25) is 0 Å². The van der Waals surface area contributed by atoms with Crippen molar-refractivity contribution in [3.8, 4) is 5.75 Å². The molecule has 0 spiro atoms. The quantitative estimate of drug-likeness (QED) is 0.809. The van der Waals surface area contributed by atoms with Gasteiger partial charge in [-0.3, -0.25) is 9.10 Å². The van der Waals surface area contributed by atoms with Crippen molar-refractivity contribution in [2.24, 2.45) is 0 Å². The number of amides is 1. The van der Waals surface area contributed by atoms with Gasteiger partial charge in [-0.05, 0) is 51.5 Å². The van der Waals surface area contributed by atoms with Crippen molar-refractivity contribution < 1.29 is 17.9 Å². The molecule has 2 aromatic rings. The molecule has 0 saturated heterocycles. The Kier molecular flexibility index (Phi) is 5.63. The summed E-state index contributed by atoms with van der Waals surface area (Å²) in [6, 6.07) is 13.6. The number of nitrogens with zero attached hydrogens (tertiary/aromatic N) is 1. The predicted molar refractivity (Wildman–Crippen MR) is 115 cm³/mol. The molecule has 7 heteroatoms. The summed E-state index contributed by atoms with van der Waals surface area (Å²) in [6.07, 6.45) is 1.71. The second kappa shape index (κ2) is 7.71. The van der Waals surface area contributed by atoms with Crippen LogP contribution in [0.1, 0.15) is 44.4 Å². The van der Waals surface area contributed by atoms with Crippen LogP contribution >= 0.6 is 0 Å². The van der Waals surface area contributed by atoms with Crippen molar-refractivity contribution in [1.29, 1.82) is 0 Å². The number of rotatable bonds is 5. The van der Waals surface area contributed by atoms with E-state index in [1.165, 1.54) is 4.31 Å². The lowest BCUT2D eigenvalue weighted by molar-refractivity contribution is -0.123. The van der Waals surface area contributed by atoms with Gasteiger partial charge in [-0.15, -0.1) is 0 Å². The lowest BCUT2D eigenvalue weighted by Gasteiger charge is -2.38. The van der Waals surface area contributed by atoms with Crippen LogP contribution in [0.25, 0.3) is 0 Å². The molecule has 0 aliphatic carbocycles. The fraction of sp³-hybridized carbons (Fsp3) is 0.409. The topological polar surface area (TPSA) is 75.7 Å². The van der Waals surface area contributed by atoms with E-state index in [4.69, 9.17) is 4.74 Å². The van der Waals surface area contributed by atoms with Crippen LogP contribution in [0.4, 0.5) is 5.69 Å². The number of fused-ring (bicyclic) bond motifs is 1. The van der Waals surface area contributed by atoms with Gasteiger partial charge in [0.1, 0.15) is 17.4 Å². The SMILES string of the molecule is Cc1cccc(N([C@@H](C)C(=O)N[C@@H]2CC(C)(C)Oc3ccccc32)S(C)(=O)=O)c1. The number of sulfonamides is 1. The van der Waals surface area contributed by atoms with Gasteiger partial charge in [-0.25, -0.2) is 8.42 Å². The number of para-hydroxylation sites is 1. The Labute approximate surface area is 172 Å². The summed E-state index contributed by atoms with van der Waals surface area (Å²) in [5.74, 6) is 0.384. The maximum atomic E-state index is 13.1. The van der Waals surface area contributed by atoms with Gasteiger partial charge in [-0.1, -0.05) is 30.3 Å². The summed E-state index contributed by atoms with van der Waals surface area (Å²) in [6.45, 7) is 7.44. The van der Waals surface area contributed by atoms with Crippen LogP contribution in [0.15, 0.2) is 48.5 Å². The van der Waals surface area contributed by atoms with Crippen LogP contribution < -0.4 is 14.4 Å². The molecule has 0 saturated carbocycles. The fourth-order valence-corrected chi connectivity index (χ4v) is 4.96. The Balaban J connectivity index is 1.89. The number of carbonyl (C=O) groups is 1. The molecule has 2 aromatic carbocycles. The molecule has 6 nitrogen and oxygen atoms in total. The minimum Gasteiger partial charge on any atom is -0.487 e. The third-order valence-corrected chi connectivity index (χ3v) is 6.28. The van der Waals surface area contributed by atoms with Crippen molar-refractivity contribution in [1.82, 2.24) is 5.32 Å². The third kappa shape index (κ3) is 4.72. The molecule has 29 heavy (non-hydrogen) atoms. The summed E-state index contributed by atoms with van der Waals surface area (Å²) >= 11 is 0. The van der Waals surface area contributed by atoms with E-state index in [0.29, 0.717) is 12.1 Å². The predicted octanol–water partition coefficient (Wildman–Crippen LogP) is 3.57.